The first kappa shape index (κ1) is 26.7. The van der Waals surface area contributed by atoms with Crippen molar-refractivity contribution in [2.45, 2.75) is 70.9 Å². The van der Waals surface area contributed by atoms with Crippen LogP contribution < -0.4 is 20.1 Å². The summed E-state index contributed by atoms with van der Waals surface area (Å²) in [7, 11) is 1.52. The van der Waals surface area contributed by atoms with Gasteiger partial charge in [0.25, 0.3) is 0 Å². The van der Waals surface area contributed by atoms with Crippen LogP contribution in [0.5, 0.6) is 11.5 Å². The minimum Gasteiger partial charge on any atom is -0.496 e. The van der Waals surface area contributed by atoms with Crippen molar-refractivity contribution in [2.24, 2.45) is 11.8 Å². The number of anilines is 1. The Morgan fingerprint density at radius 1 is 1.11 bits per heavy atom. The van der Waals surface area contributed by atoms with Gasteiger partial charge >= 0.3 is 6.09 Å². The van der Waals surface area contributed by atoms with Crippen LogP contribution >= 0.6 is 0 Å². The predicted octanol–water partition coefficient (Wildman–Crippen LogP) is 5.71. The van der Waals surface area contributed by atoms with E-state index in [0.717, 1.165) is 19.0 Å². The first-order valence-corrected chi connectivity index (χ1v) is 12.9. The van der Waals surface area contributed by atoms with Gasteiger partial charge in [0.15, 0.2) is 0 Å². The lowest BCUT2D eigenvalue weighted by molar-refractivity contribution is -0.121. The molecular weight excluding hydrogens is 477 g/mol. The number of benzene rings is 1. The van der Waals surface area contributed by atoms with E-state index in [1.165, 1.54) is 26.0 Å². The Morgan fingerprint density at radius 2 is 1.89 bits per heavy atom. The second-order valence-corrected chi connectivity index (χ2v) is 10.9. The molecule has 2 aliphatic rings. The maximum Gasteiger partial charge on any atom is 0.407 e. The molecule has 37 heavy (non-hydrogen) atoms. The lowest BCUT2D eigenvalue weighted by Gasteiger charge is -2.30. The number of ether oxygens (including phenoxy) is 3. The molecule has 200 valence electrons. The highest BCUT2D eigenvalue weighted by Gasteiger charge is 2.30. The van der Waals surface area contributed by atoms with Crippen molar-refractivity contribution in [2.75, 3.05) is 19.0 Å². The number of nitrogens with one attached hydrogen (secondary N) is 2. The van der Waals surface area contributed by atoms with Gasteiger partial charge in [-0.2, -0.15) is 0 Å². The van der Waals surface area contributed by atoms with E-state index < -0.39 is 17.5 Å². The van der Waals surface area contributed by atoms with Gasteiger partial charge in [0.05, 0.1) is 19.9 Å². The summed E-state index contributed by atoms with van der Waals surface area (Å²) in [6.45, 7) is 6.08. The van der Waals surface area contributed by atoms with E-state index in [1.807, 2.05) is 0 Å². The smallest absolute Gasteiger partial charge is 0.407 e. The topological polar surface area (TPSA) is 98.8 Å². The lowest BCUT2D eigenvalue weighted by atomic mass is 9.85. The molecule has 1 aromatic heterocycles. The number of rotatable bonds is 8. The van der Waals surface area contributed by atoms with Gasteiger partial charge < -0.3 is 24.8 Å². The van der Waals surface area contributed by atoms with Gasteiger partial charge in [-0.3, -0.25) is 4.79 Å². The normalized spacial score (nSPS) is 19.6. The van der Waals surface area contributed by atoms with Crippen molar-refractivity contribution in [1.29, 1.82) is 0 Å². The average molecular weight is 514 g/mol. The van der Waals surface area contributed by atoms with E-state index in [2.05, 4.69) is 15.6 Å². The Morgan fingerprint density at radius 3 is 2.59 bits per heavy atom. The molecule has 2 aliphatic carbocycles. The van der Waals surface area contributed by atoms with Crippen LogP contribution in [0.2, 0.25) is 0 Å². The maximum atomic E-state index is 14.8. The third-order valence-electron chi connectivity index (χ3n) is 6.52. The molecule has 2 fully saturated rings. The number of hydrogen-bond donors (Lipinski definition) is 2. The van der Waals surface area contributed by atoms with Crippen molar-refractivity contribution >= 4 is 17.8 Å². The van der Waals surface area contributed by atoms with E-state index in [-0.39, 0.29) is 29.2 Å². The van der Waals surface area contributed by atoms with Crippen molar-refractivity contribution in [1.82, 2.24) is 10.3 Å². The standard InChI is InChI=1S/C28H36FN3O5/c1-28(2,3)37-27(34)31-19-7-5-6-18(12-19)26(33)32-25-14-22(23(29)15-30-25)21-11-10-20(13-24(21)35-4)36-16-17-8-9-17/h10-11,13-15,17-19H,5-9,12,16H2,1-4H3,(H,31,34)(H,30,32,33)/t18-,19+/m0/s1. The quantitative estimate of drug-likeness (QED) is 0.469. The minimum absolute atomic E-state index is 0.152. The van der Waals surface area contributed by atoms with Crippen LogP contribution in [0.1, 0.15) is 59.3 Å². The SMILES string of the molecule is COc1cc(OCC2CC2)ccc1-c1cc(NC(=O)[C@H]2CCC[C@@H](NC(=O)OC(C)(C)C)C2)ncc1F. The molecule has 0 aliphatic heterocycles. The van der Waals surface area contributed by atoms with Crippen LogP contribution in [0.4, 0.5) is 15.0 Å². The summed E-state index contributed by atoms with van der Waals surface area (Å²) in [5, 5.41) is 5.69. The summed E-state index contributed by atoms with van der Waals surface area (Å²) < 4.78 is 31.5. The number of aromatic nitrogens is 1. The second-order valence-electron chi connectivity index (χ2n) is 10.9. The van der Waals surface area contributed by atoms with Gasteiger partial charge in [-0.05, 0) is 77.0 Å². The van der Waals surface area contributed by atoms with E-state index in [1.54, 1.807) is 39.0 Å². The highest BCUT2D eigenvalue weighted by molar-refractivity contribution is 5.92. The molecule has 1 aromatic carbocycles. The molecule has 0 spiro atoms. The number of amides is 2. The average Bonchev–Trinajstić information content (AvgIpc) is 3.67. The van der Waals surface area contributed by atoms with Gasteiger partial charge in [0.1, 0.15) is 28.7 Å². The van der Waals surface area contributed by atoms with Crippen molar-refractivity contribution in [3.05, 3.63) is 36.3 Å². The highest BCUT2D eigenvalue weighted by atomic mass is 19.1. The van der Waals surface area contributed by atoms with E-state index in [4.69, 9.17) is 14.2 Å². The maximum absolute atomic E-state index is 14.8. The number of methoxy groups -OCH3 is 1. The molecule has 0 unspecified atom stereocenters. The van der Waals surface area contributed by atoms with Crippen LogP contribution in [-0.2, 0) is 9.53 Å². The Balaban J connectivity index is 1.42. The van der Waals surface area contributed by atoms with Gasteiger partial charge in [-0.1, -0.05) is 6.42 Å². The fourth-order valence-corrected chi connectivity index (χ4v) is 4.46. The summed E-state index contributed by atoms with van der Waals surface area (Å²) in [5.74, 6) is 0.961. The zero-order chi connectivity index (χ0) is 26.6. The van der Waals surface area contributed by atoms with Crippen molar-refractivity contribution in [3.63, 3.8) is 0 Å². The monoisotopic (exact) mass is 513 g/mol. The van der Waals surface area contributed by atoms with Gasteiger partial charge in [0, 0.05) is 29.2 Å². The Labute approximate surface area is 217 Å². The molecular formula is C28H36FN3O5. The number of alkyl carbamates (subject to hydrolysis) is 1. The van der Waals surface area contributed by atoms with Gasteiger partial charge in [-0.25, -0.2) is 14.2 Å². The fourth-order valence-electron chi connectivity index (χ4n) is 4.46. The van der Waals surface area contributed by atoms with Crippen LogP contribution in [0, 0.1) is 17.7 Å². The van der Waals surface area contributed by atoms with Crippen molar-refractivity contribution in [3.8, 4) is 22.6 Å². The first-order chi connectivity index (χ1) is 17.6. The summed E-state index contributed by atoms with van der Waals surface area (Å²) in [4.78, 5) is 29.2. The summed E-state index contributed by atoms with van der Waals surface area (Å²) in [5.41, 5.74) is 0.216. The van der Waals surface area contributed by atoms with Crippen molar-refractivity contribution < 1.29 is 28.2 Å². The fraction of sp³-hybridized carbons (Fsp3) is 0.536. The predicted molar refractivity (Wildman–Crippen MR) is 138 cm³/mol. The third kappa shape index (κ3) is 7.57. The largest absolute Gasteiger partial charge is 0.496 e. The molecule has 2 amide bonds. The molecule has 1 heterocycles. The molecule has 2 aromatic rings. The molecule has 0 bridgehead atoms. The zero-order valence-corrected chi connectivity index (χ0v) is 21.9. The molecule has 9 heteroatoms. The molecule has 8 nitrogen and oxygen atoms in total. The summed E-state index contributed by atoms with van der Waals surface area (Å²) in [6, 6.07) is 6.64. The van der Waals surface area contributed by atoms with Crippen LogP contribution in [0.3, 0.4) is 0 Å². The Hall–Kier alpha value is -3.36. The zero-order valence-electron chi connectivity index (χ0n) is 21.9. The third-order valence-corrected chi connectivity index (χ3v) is 6.52. The van der Waals surface area contributed by atoms with Crippen LogP contribution in [-0.4, -0.2) is 42.3 Å². The Bertz CT molecular complexity index is 1130. The highest BCUT2D eigenvalue weighted by Crippen LogP contribution is 2.37. The van der Waals surface area contributed by atoms with Gasteiger partial charge in [-0.15, -0.1) is 0 Å². The number of carbonyl (C=O) groups is 2. The number of nitrogens with zero attached hydrogens (tertiary/aromatic N) is 1. The Kier molecular flexibility index (Phi) is 8.19. The number of hydrogen-bond acceptors (Lipinski definition) is 6. The van der Waals surface area contributed by atoms with Gasteiger partial charge in [0.2, 0.25) is 5.91 Å². The van der Waals surface area contributed by atoms with E-state index >= 15 is 0 Å². The number of pyridine rings is 1. The number of carbonyl (C=O) groups excluding carboxylic acids is 2. The molecule has 4 rings (SSSR count). The van der Waals surface area contributed by atoms with E-state index in [9.17, 15) is 14.0 Å². The number of halogens is 1. The first-order valence-electron chi connectivity index (χ1n) is 12.9. The van der Waals surface area contributed by atoms with E-state index in [0.29, 0.717) is 42.4 Å². The summed E-state index contributed by atoms with van der Waals surface area (Å²) in [6.07, 6.45) is 5.76. The molecule has 2 atom stereocenters. The molecule has 0 saturated heterocycles. The molecule has 2 saturated carbocycles. The molecule has 0 radical (unpaired) electrons. The van der Waals surface area contributed by atoms with Crippen LogP contribution in [0.25, 0.3) is 11.1 Å². The minimum atomic E-state index is -0.589. The second kappa shape index (κ2) is 11.4. The van der Waals surface area contributed by atoms with Crippen LogP contribution in [0.15, 0.2) is 30.5 Å². The lowest BCUT2D eigenvalue weighted by Crippen LogP contribution is -2.43. The summed E-state index contributed by atoms with van der Waals surface area (Å²) >= 11 is 0. The molecule has 2 N–H and O–H groups in total.